The van der Waals surface area contributed by atoms with E-state index in [-0.39, 0.29) is 12.4 Å². The van der Waals surface area contributed by atoms with Gasteiger partial charge in [0.25, 0.3) is 0 Å². The van der Waals surface area contributed by atoms with Gasteiger partial charge in [0.15, 0.2) is 0 Å². The molecule has 1 unspecified atom stereocenters. The van der Waals surface area contributed by atoms with Crippen LogP contribution in [-0.2, 0) is 0 Å². The number of phenolic OH excluding ortho intramolecular Hbond substituents is 1. The lowest BCUT2D eigenvalue weighted by Gasteiger charge is -2.10. The quantitative estimate of drug-likeness (QED) is 0.857. The van der Waals surface area contributed by atoms with Crippen molar-refractivity contribution in [2.75, 3.05) is 6.61 Å². The van der Waals surface area contributed by atoms with Crippen LogP contribution in [-0.4, -0.2) is 16.8 Å². The van der Waals surface area contributed by atoms with E-state index in [1.54, 1.807) is 18.2 Å². The molecule has 0 saturated carbocycles. The summed E-state index contributed by atoms with van der Waals surface area (Å²) in [7, 11) is 0. The summed E-state index contributed by atoms with van der Waals surface area (Å²) in [6, 6.07) is 10.3. The summed E-state index contributed by atoms with van der Waals surface area (Å²) < 4.78 is 5.37. The molecule has 0 bridgehead atoms. The first-order valence-corrected chi connectivity index (χ1v) is 5.77. The van der Waals surface area contributed by atoms with Crippen molar-refractivity contribution in [3.63, 3.8) is 0 Å². The number of hydrogen-bond donors (Lipinski definition) is 2. The van der Waals surface area contributed by atoms with Crippen LogP contribution in [0.25, 0.3) is 0 Å². The highest BCUT2D eigenvalue weighted by atomic mass is 32.1. The van der Waals surface area contributed by atoms with E-state index in [9.17, 15) is 10.2 Å². The average Bonchev–Trinajstić information content (AvgIpc) is 2.79. The van der Waals surface area contributed by atoms with Gasteiger partial charge >= 0.3 is 0 Å². The molecule has 1 aromatic heterocycles. The molecular weight excluding hydrogens is 224 g/mol. The Labute approximate surface area is 97.6 Å². The predicted octanol–water partition coefficient (Wildman–Crippen LogP) is 2.57. The van der Waals surface area contributed by atoms with Crippen molar-refractivity contribution < 1.29 is 14.9 Å². The van der Waals surface area contributed by atoms with Crippen LogP contribution in [0.15, 0.2) is 41.8 Å². The lowest BCUT2D eigenvalue weighted by Crippen LogP contribution is -2.08. The van der Waals surface area contributed by atoms with E-state index < -0.39 is 6.10 Å². The van der Waals surface area contributed by atoms with E-state index in [0.717, 1.165) is 4.88 Å². The van der Waals surface area contributed by atoms with Gasteiger partial charge in [0, 0.05) is 10.9 Å². The smallest absolute Gasteiger partial charge is 0.123 e. The molecule has 16 heavy (non-hydrogen) atoms. The largest absolute Gasteiger partial charge is 0.508 e. The van der Waals surface area contributed by atoms with Crippen molar-refractivity contribution in [1.82, 2.24) is 0 Å². The third-order valence-electron chi connectivity index (χ3n) is 2.10. The molecule has 1 heterocycles. The zero-order valence-corrected chi connectivity index (χ0v) is 9.35. The molecule has 3 nitrogen and oxygen atoms in total. The highest BCUT2D eigenvalue weighted by Gasteiger charge is 2.09. The van der Waals surface area contributed by atoms with Crippen LogP contribution in [0.5, 0.6) is 11.5 Å². The molecule has 0 aliphatic heterocycles. The second-order valence-electron chi connectivity index (χ2n) is 3.34. The van der Waals surface area contributed by atoms with E-state index in [2.05, 4.69) is 0 Å². The van der Waals surface area contributed by atoms with Gasteiger partial charge in [-0.1, -0.05) is 12.1 Å². The molecule has 0 aliphatic carbocycles. The number of aliphatic hydroxyl groups excluding tert-OH is 1. The van der Waals surface area contributed by atoms with Crippen LogP contribution >= 0.6 is 11.3 Å². The minimum absolute atomic E-state index is 0.156. The van der Waals surface area contributed by atoms with E-state index in [1.807, 2.05) is 17.5 Å². The number of ether oxygens (including phenoxy) is 1. The fourth-order valence-corrected chi connectivity index (χ4v) is 2.01. The summed E-state index contributed by atoms with van der Waals surface area (Å²) in [6.07, 6.45) is -0.623. The van der Waals surface area contributed by atoms with Crippen molar-refractivity contribution in [2.24, 2.45) is 0 Å². The molecule has 1 aromatic carbocycles. The maximum absolute atomic E-state index is 9.76. The minimum atomic E-state index is -0.623. The summed E-state index contributed by atoms with van der Waals surface area (Å²) >= 11 is 1.49. The summed E-state index contributed by atoms with van der Waals surface area (Å²) in [5, 5.41) is 20.9. The summed E-state index contributed by atoms with van der Waals surface area (Å²) in [5.74, 6) is 0.707. The Morgan fingerprint density at radius 2 is 2.12 bits per heavy atom. The van der Waals surface area contributed by atoms with Crippen LogP contribution in [0, 0.1) is 0 Å². The second-order valence-corrected chi connectivity index (χ2v) is 4.32. The Bertz CT molecular complexity index is 439. The molecule has 0 saturated heterocycles. The summed E-state index contributed by atoms with van der Waals surface area (Å²) in [4.78, 5) is 0.875. The first kappa shape index (κ1) is 11.0. The van der Waals surface area contributed by atoms with E-state index in [0.29, 0.717) is 5.75 Å². The third kappa shape index (κ3) is 2.74. The molecule has 4 heteroatoms. The van der Waals surface area contributed by atoms with Crippen LogP contribution in [0.3, 0.4) is 0 Å². The van der Waals surface area contributed by atoms with E-state index >= 15 is 0 Å². The van der Waals surface area contributed by atoms with Crippen molar-refractivity contribution in [3.8, 4) is 11.5 Å². The van der Waals surface area contributed by atoms with Gasteiger partial charge in [0.1, 0.15) is 24.2 Å². The van der Waals surface area contributed by atoms with E-state index in [1.165, 1.54) is 17.4 Å². The van der Waals surface area contributed by atoms with Gasteiger partial charge in [-0.2, -0.15) is 0 Å². The number of hydrogen-bond acceptors (Lipinski definition) is 4. The Morgan fingerprint density at radius 1 is 1.25 bits per heavy atom. The molecule has 0 radical (unpaired) electrons. The van der Waals surface area contributed by atoms with Crippen molar-refractivity contribution in [2.45, 2.75) is 6.10 Å². The number of thiophene rings is 1. The molecule has 2 aromatic rings. The maximum Gasteiger partial charge on any atom is 0.123 e. The monoisotopic (exact) mass is 236 g/mol. The molecule has 0 aliphatic rings. The lowest BCUT2D eigenvalue weighted by atomic mass is 10.3. The standard InChI is InChI=1S/C12H12O3S/c13-9-3-1-4-10(7-9)15-8-11(14)12-5-2-6-16-12/h1-7,11,13-14H,8H2. The van der Waals surface area contributed by atoms with Crippen LogP contribution in [0.1, 0.15) is 11.0 Å². The Morgan fingerprint density at radius 3 is 2.81 bits per heavy atom. The first-order chi connectivity index (χ1) is 7.75. The topological polar surface area (TPSA) is 49.7 Å². The Balaban J connectivity index is 1.92. The van der Waals surface area contributed by atoms with Crippen LogP contribution in [0.4, 0.5) is 0 Å². The Hall–Kier alpha value is -1.52. The molecule has 1 atom stereocenters. The average molecular weight is 236 g/mol. The lowest BCUT2D eigenvalue weighted by molar-refractivity contribution is 0.111. The van der Waals surface area contributed by atoms with Gasteiger partial charge in [-0.3, -0.25) is 0 Å². The molecule has 0 amide bonds. The van der Waals surface area contributed by atoms with Gasteiger partial charge in [-0.05, 0) is 23.6 Å². The predicted molar refractivity (Wildman–Crippen MR) is 62.9 cm³/mol. The molecular formula is C12H12O3S. The number of benzene rings is 1. The fraction of sp³-hybridized carbons (Fsp3) is 0.167. The number of aromatic hydroxyl groups is 1. The molecule has 84 valence electrons. The number of aliphatic hydroxyl groups is 1. The van der Waals surface area contributed by atoms with E-state index in [4.69, 9.17) is 4.74 Å². The molecule has 0 spiro atoms. The van der Waals surface area contributed by atoms with Gasteiger partial charge < -0.3 is 14.9 Å². The van der Waals surface area contributed by atoms with Gasteiger partial charge in [0.2, 0.25) is 0 Å². The SMILES string of the molecule is Oc1cccc(OCC(O)c2cccs2)c1. The highest BCUT2D eigenvalue weighted by Crippen LogP contribution is 2.22. The summed E-state index contributed by atoms with van der Waals surface area (Å²) in [5.41, 5.74) is 0. The number of phenols is 1. The van der Waals surface area contributed by atoms with Gasteiger partial charge in [0.05, 0.1) is 0 Å². The van der Waals surface area contributed by atoms with Gasteiger partial charge in [-0.25, -0.2) is 0 Å². The van der Waals surface area contributed by atoms with Crippen molar-refractivity contribution in [1.29, 1.82) is 0 Å². The zero-order chi connectivity index (χ0) is 11.4. The number of rotatable bonds is 4. The minimum Gasteiger partial charge on any atom is -0.508 e. The maximum atomic E-state index is 9.76. The third-order valence-corrected chi connectivity index (χ3v) is 3.07. The fourth-order valence-electron chi connectivity index (χ4n) is 1.31. The highest BCUT2D eigenvalue weighted by molar-refractivity contribution is 7.10. The Kier molecular flexibility index (Phi) is 3.44. The summed E-state index contributed by atoms with van der Waals surface area (Å²) in [6.45, 7) is 0.184. The van der Waals surface area contributed by atoms with Crippen LogP contribution in [0.2, 0.25) is 0 Å². The van der Waals surface area contributed by atoms with Crippen molar-refractivity contribution >= 4 is 11.3 Å². The van der Waals surface area contributed by atoms with Gasteiger partial charge in [-0.15, -0.1) is 11.3 Å². The zero-order valence-electron chi connectivity index (χ0n) is 8.54. The van der Waals surface area contributed by atoms with Crippen molar-refractivity contribution in [3.05, 3.63) is 46.7 Å². The normalized spacial score (nSPS) is 12.3. The van der Waals surface area contributed by atoms with Crippen LogP contribution < -0.4 is 4.74 Å². The molecule has 2 rings (SSSR count). The molecule has 0 fully saturated rings. The second kappa shape index (κ2) is 5.01. The molecule has 2 N–H and O–H groups in total. The first-order valence-electron chi connectivity index (χ1n) is 4.89.